The number of sulfonamides is 1. The molecule has 1 aromatic rings. The summed E-state index contributed by atoms with van der Waals surface area (Å²) in [4.78, 5) is 14.5. The van der Waals surface area contributed by atoms with Gasteiger partial charge in [-0.25, -0.2) is 8.42 Å². The molecule has 1 N–H and O–H groups in total. The van der Waals surface area contributed by atoms with Gasteiger partial charge in [0.2, 0.25) is 15.9 Å². The lowest BCUT2D eigenvalue weighted by Crippen LogP contribution is -2.50. The molecule has 3 rings (SSSR count). The summed E-state index contributed by atoms with van der Waals surface area (Å²) in [6.45, 7) is 8.07. The van der Waals surface area contributed by atoms with Crippen LogP contribution in [0.4, 0.5) is 0 Å². The minimum absolute atomic E-state index is 0.0621. The third kappa shape index (κ3) is 5.94. The molecule has 1 saturated carbocycles. The predicted molar refractivity (Wildman–Crippen MR) is 132 cm³/mol. The van der Waals surface area contributed by atoms with Crippen molar-refractivity contribution in [1.82, 2.24) is 9.21 Å². The van der Waals surface area contributed by atoms with E-state index in [9.17, 15) is 18.3 Å². The van der Waals surface area contributed by atoms with Crippen molar-refractivity contribution in [3.63, 3.8) is 0 Å². The molecule has 34 heavy (non-hydrogen) atoms. The third-order valence-corrected chi connectivity index (χ3v) is 8.71. The van der Waals surface area contributed by atoms with Crippen molar-refractivity contribution in [3.8, 4) is 17.6 Å². The lowest BCUT2D eigenvalue weighted by Gasteiger charge is -2.38. The fraction of sp³-hybridized carbons (Fsp3) is 0.654. The van der Waals surface area contributed by atoms with E-state index in [1.54, 1.807) is 31.0 Å². The average molecular weight is 491 g/mol. The largest absolute Gasteiger partial charge is 0.487 e. The summed E-state index contributed by atoms with van der Waals surface area (Å²) in [5.74, 6) is 6.92. The number of nitrogens with zero attached hydrogens (tertiary/aromatic N) is 2. The van der Waals surface area contributed by atoms with Gasteiger partial charge in [0.05, 0.1) is 13.2 Å². The highest BCUT2D eigenvalue weighted by Crippen LogP contribution is 2.34. The second-order valence-corrected chi connectivity index (χ2v) is 12.0. The Morgan fingerprint density at radius 3 is 2.59 bits per heavy atom. The number of hydrogen-bond acceptors (Lipinski definition) is 5. The molecule has 0 aromatic heterocycles. The summed E-state index contributed by atoms with van der Waals surface area (Å²) >= 11 is 0. The lowest BCUT2D eigenvalue weighted by molar-refractivity contribution is -0.138. The van der Waals surface area contributed by atoms with Crippen LogP contribution in [0.15, 0.2) is 23.1 Å². The molecule has 1 fully saturated rings. The van der Waals surface area contributed by atoms with Crippen LogP contribution >= 0.6 is 0 Å². The number of carbonyl (C=O) groups excluding carboxylic acids is 1. The number of amides is 1. The van der Waals surface area contributed by atoms with E-state index in [-0.39, 0.29) is 41.5 Å². The third-order valence-electron chi connectivity index (χ3n) is 6.69. The van der Waals surface area contributed by atoms with Crippen LogP contribution < -0.4 is 4.74 Å². The number of hydrogen-bond donors (Lipinski definition) is 1. The van der Waals surface area contributed by atoms with Gasteiger partial charge in [-0.3, -0.25) is 4.79 Å². The molecule has 0 unspecified atom stereocenters. The number of benzene rings is 1. The van der Waals surface area contributed by atoms with Crippen molar-refractivity contribution in [2.24, 2.45) is 17.8 Å². The molecule has 1 aliphatic carbocycles. The van der Waals surface area contributed by atoms with E-state index in [0.29, 0.717) is 18.0 Å². The maximum atomic E-state index is 13.5. The van der Waals surface area contributed by atoms with Gasteiger partial charge in [-0.2, -0.15) is 4.31 Å². The van der Waals surface area contributed by atoms with Gasteiger partial charge < -0.3 is 14.7 Å². The first-order chi connectivity index (χ1) is 16.0. The van der Waals surface area contributed by atoms with Crippen LogP contribution in [0, 0.1) is 29.6 Å². The standard InChI is InChI=1S/C26H38N2O5S/c1-18(2)8-6-9-21-12-13-25-23(14-21)33-24(16-27(5)26(30)22-10-7-11-22)19(3)15-28(20(4)17-29)34(25,31)32/h12-14,18-20,22,24,29H,7-8,10-11,15-17H2,1-5H3/t19-,20+,24-/m0/s1. The van der Waals surface area contributed by atoms with Crippen LogP contribution in [0.5, 0.6) is 5.75 Å². The first-order valence-corrected chi connectivity index (χ1v) is 13.7. The highest BCUT2D eigenvalue weighted by atomic mass is 32.2. The van der Waals surface area contributed by atoms with E-state index in [2.05, 4.69) is 25.7 Å². The average Bonchev–Trinajstić information content (AvgIpc) is 2.74. The first-order valence-electron chi connectivity index (χ1n) is 12.2. The van der Waals surface area contributed by atoms with E-state index in [4.69, 9.17) is 4.74 Å². The Bertz CT molecular complexity index is 1040. The van der Waals surface area contributed by atoms with Crippen LogP contribution in [0.3, 0.4) is 0 Å². The Hall–Kier alpha value is -2.08. The Balaban J connectivity index is 1.98. The molecule has 1 amide bonds. The van der Waals surface area contributed by atoms with Gasteiger partial charge in [0.1, 0.15) is 16.7 Å². The van der Waals surface area contributed by atoms with Crippen molar-refractivity contribution < 1.29 is 23.1 Å². The molecule has 2 aliphatic rings. The zero-order valence-electron chi connectivity index (χ0n) is 21.0. The summed E-state index contributed by atoms with van der Waals surface area (Å²) in [6, 6.07) is 4.33. The van der Waals surface area contributed by atoms with Gasteiger partial charge in [-0.1, -0.05) is 39.0 Å². The van der Waals surface area contributed by atoms with Crippen molar-refractivity contribution in [1.29, 1.82) is 0 Å². The molecule has 0 spiro atoms. The van der Waals surface area contributed by atoms with Crippen LogP contribution in [-0.2, 0) is 14.8 Å². The zero-order chi connectivity index (χ0) is 25.0. The van der Waals surface area contributed by atoms with Gasteiger partial charge in [-0.05, 0) is 43.9 Å². The molecule has 8 heteroatoms. The van der Waals surface area contributed by atoms with Gasteiger partial charge in [0.15, 0.2) is 0 Å². The fourth-order valence-corrected chi connectivity index (χ4v) is 6.03. The molecule has 1 heterocycles. The van der Waals surface area contributed by atoms with Gasteiger partial charge >= 0.3 is 0 Å². The molecular weight excluding hydrogens is 452 g/mol. The van der Waals surface area contributed by atoms with E-state index < -0.39 is 22.2 Å². The topological polar surface area (TPSA) is 87.2 Å². The Kier molecular flexibility index (Phi) is 8.66. The maximum absolute atomic E-state index is 13.5. The smallest absolute Gasteiger partial charge is 0.247 e. The summed E-state index contributed by atoms with van der Waals surface area (Å²) in [7, 11) is -2.11. The number of rotatable bonds is 6. The SMILES string of the molecule is CC(C)CC#Cc1ccc2c(c1)O[C@@H](CN(C)C(=O)C1CCC1)[C@@H](C)CN([C@H](C)CO)S2(=O)=O. The molecule has 1 aliphatic heterocycles. The highest BCUT2D eigenvalue weighted by Gasteiger charge is 2.39. The quantitative estimate of drug-likeness (QED) is 0.619. The van der Waals surface area contributed by atoms with Crippen molar-refractivity contribution in [2.45, 2.75) is 70.4 Å². The molecule has 188 valence electrons. The Morgan fingerprint density at radius 2 is 2.00 bits per heavy atom. The molecule has 1 aromatic carbocycles. The Labute approximate surface area is 204 Å². The zero-order valence-corrected chi connectivity index (χ0v) is 21.8. The van der Waals surface area contributed by atoms with Crippen LogP contribution in [0.2, 0.25) is 0 Å². The van der Waals surface area contributed by atoms with Crippen molar-refractivity contribution in [2.75, 3.05) is 26.7 Å². The summed E-state index contributed by atoms with van der Waals surface area (Å²) in [5, 5.41) is 9.77. The number of likely N-dealkylation sites (N-methyl/N-ethyl adjacent to an activating group) is 1. The Morgan fingerprint density at radius 1 is 1.29 bits per heavy atom. The predicted octanol–water partition coefficient (Wildman–Crippen LogP) is 3.11. The highest BCUT2D eigenvalue weighted by molar-refractivity contribution is 7.89. The normalized spacial score (nSPS) is 23.4. The van der Waals surface area contributed by atoms with Crippen LogP contribution in [0.1, 0.15) is 58.9 Å². The second kappa shape index (κ2) is 11.1. The number of aliphatic hydroxyl groups is 1. The number of ether oxygens (including phenoxy) is 1. The van der Waals surface area contributed by atoms with Crippen molar-refractivity contribution >= 4 is 15.9 Å². The minimum atomic E-state index is -3.89. The minimum Gasteiger partial charge on any atom is -0.487 e. The summed E-state index contributed by atoms with van der Waals surface area (Å²) in [5.41, 5.74) is 0.683. The second-order valence-electron chi connectivity index (χ2n) is 10.1. The molecule has 3 atom stereocenters. The summed E-state index contributed by atoms with van der Waals surface area (Å²) in [6.07, 6.45) is 3.26. The van der Waals surface area contributed by atoms with Gasteiger partial charge in [0.25, 0.3) is 0 Å². The van der Waals surface area contributed by atoms with Crippen molar-refractivity contribution in [3.05, 3.63) is 23.8 Å². The first kappa shape index (κ1) is 26.5. The van der Waals surface area contributed by atoms with E-state index >= 15 is 0 Å². The van der Waals surface area contributed by atoms with E-state index in [1.165, 1.54) is 10.4 Å². The van der Waals surface area contributed by atoms with Crippen LogP contribution in [-0.4, -0.2) is 67.5 Å². The fourth-order valence-electron chi connectivity index (χ4n) is 4.21. The monoisotopic (exact) mass is 490 g/mol. The maximum Gasteiger partial charge on any atom is 0.247 e. The van der Waals surface area contributed by atoms with E-state index in [1.807, 2.05) is 6.92 Å². The van der Waals surface area contributed by atoms with Gasteiger partial charge in [-0.15, -0.1) is 0 Å². The lowest BCUT2D eigenvalue weighted by atomic mass is 9.84. The summed E-state index contributed by atoms with van der Waals surface area (Å²) < 4.78 is 34.8. The molecule has 0 saturated heterocycles. The number of fused-ring (bicyclic) bond motifs is 1. The molecule has 0 radical (unpaired) electrons. The van der Waals surface area contributed by atoms with Gasteiger partial charge in [0, 0.05) is 43.5 Å². The molecule has 0 bridgehead atoms. The number of aliphatic hydroxyl groups excluding tert-OH is 1. The number of carbonyl (C=O) groups is 1. The van der Waals surface area contributed by atoms with E-state index in [0.717, 1.165) is 25.7 Å². The molecular formula is C26H38N2O5S. The van der Waals surface area contributed by atoms with Crippen LogP contribution in [0.25, 0.3) is 0 Å². The molecule has 7 nitrogen and oxygen atoms in total.